The Bertz CT molecular complexity index is 407. The Kier molecular flexibility index (Phi) is 2.41. The first-order valence-electron chi connectivity index (χ1n) is 5.76. The van der Waals surface area contributed by atoms with Crippen LogP contribution < -0.4 is 4.74 Å². The summed E-state index contributed by atoms with van der Waals surface area (Å²) in [5.74, 6) is 1.87. The van der Waals surface area contributed by atoms with Crippen molar-refractivity contribution in [2.75, 3.05) is 5.75 Å². The second-order valence-electron chi connectivity index (χ2n) is 4.87. The van der Waals surface area contributed by atoms with E-state index in [2.05, 4.69) is 6.92 Å². The Morgan fingerprint density at radius 1 is 1.38 bits per heavy atom. The molecule has 86 valence electrons. The third kappa shape index (κ3) is 1.62. The highest BCUT2D eigenvalue weighted by atomic mass is 32.2. The Balaban J connectivity index is 1.95. The van der Waals surface area contributed by atoms with Gasteiger partial charge in [0.1, 0.15) is 11.4 Å². The molecule has 3 heteroatoms. The van der Waals surface area contributed by atoms with E-state index in [1.807, 2.05) is 36.0 Å². The molecule has 3 unspecified atom stereocenters. The largest absolute Gasteiger partial charge is 0.486 e. The summed E-state index contributed by atoms with van der Waals surface area (Å²) in [6.45, 7) is 2.23. The molecule has 1 aromatic carbocycles. The first-order valence-corrected chi connectivity index (χ1v) is 6.81. The van der Waals surface area contributed by atoms with Gasteiger partial charge in [0.05, 0.1) is 6.10 Å². The molecular weight excluding hydrogens is 220 g/mol. The summed E-state index contributed by atoms with van der Waals surface area (Å²) in [4.78, 5) is 0. The van der Waals surface area contributed by atoms with Gasteiger partial charge in [0.15, 0.2) is 0 Å². The molecule has 0 aliphatic carbocycles. The third-order valence-electron chi connectivity index (χ3n) is 3.46. The summed E-state index contributed by atoms with van der Waals surface area (Å²) in [5.41, 5.74) is 0.815. The third-order valence-corrected chi connectivity index (χ3v) is 4.89. The molecular formula is C13H16O2S. The topological polar surface area (TPSA) is 29.5 Å². The maximum atomic E-state index is 10.2. The average molecular weight is 236 g/mol. The van der Waals surface area contributed by atoms with Crippen LogP contribution in [0.2, 0.25) is 0 Å². The van der Waals surface area contributed by atoms with Crippen molar-refractivity contribution in [3.63, 3.8) is 0 Å². The molecule has 2 aliphatic heterocycles. The summed E-state index contributed by atoms with van der Waals surface area (Å²) in [6, 6.07) is 7.84. The molecule has 1 fully saturated rings. The van der Waals surface area contributed by atoms with Crippen molar-refractivity contribution < 1.29 is 9.84 Å². The number of rotatable bonds is 0. The quantitative estimate of drug-likeness (QED) is 0.751. The first-order chi connectivity index (χ1) is 7.69. The van der Waals surface area contributed by atoms with Crippen LogP contribution in [0.3, 0.4) is 0 Å². The number of para-hydroxylation sites is 1. The van der Waals surface area contributed by atoms with Crippen molar-refractivity contribution >= 4 is 11.8 Å². The van der Waals surface area contributed by atoms with E-state index in [1.54, 1.807) is 0 Å². The van der Waals surface area contributed by atoms with E-state index >= 15 is 0 Å². The predicted octanol–water partition coefficient (Wildman–Crippen LogP) is 2.77. The summed E-state index contributed by atoms with van der Waals surface area (Å²) < 4.78 is 6.14. The van der Waals surface area contributed by atoms with Crippen LogP contribution >= 0.6 is 11.8 Å². The second-order valence-corrected chi connectivity index (χ2v) is 6.30. The zero-order valence-electron chi connectivity index (χ0n) is 9.35. The molecule has 16 heavy (non-hydrogen) atoms. The van der Waals surface area contributed by atoms with E-state index in [1.165, 1.54) is 0 Å². The maximum absolute atomic E-state index is 10.2. The molecule has 1 N–H and O–H groups in total. The van der Waals surface area contributed by atoms with Crippen molar-refractivity contribution in [1.82, 2.24) is 0 Å². The van der Waals surface area contributed by atoms with Gasteiger partial charge in [-0.05, 0) is 12.5 Å². The Morgan fingerprint density at radius 2 is 2.19 bits per heavy atom. The van der Waals surface area contributed by atoms with Crippen molar-refractivity contribution in [1.29, 1.82) is 0 Å². The molecule has 3 atom stereocenters. The zero-order valence-corrected chi connectivity index (χ0v) is 10.2. The molecule has 1 saturated heterocycles. The van der Waals surface area contributed by atoms with Gasteiger partial charge in [0, 0.05) is 23.0 Å². The van der Waals surface area contributed by atoms with E-state index in [-0.39, 0.29) is 11.7 Å². The molecule has 0 bridgehead atoms. The van der Waals surface area contributed by atoms with Crippen LogP contribution in [0, 0.1) is 0 Å². The Hall–Kier alpha value is -0.670. The van der Waals surface area contributed by atoms with Gasteiger partial charge in [0.2, 0.25) is 0 Å². The number of aliphatic hydroxyl groups excluding tert-OH is 1. The van der Waals surface area contributed by atoms with Crippen LogP contribution in [0.1, 0.15) is 31.4 Å². The molecule has 0 amide bonds. The van der Waals surface area contributed by atoms with Gasteiger partial charge in [-0.15, -0.1) is 0 Å². The molecule has 2 aliphatic rings. The lowest BCUT2D eigenvalue weighted by atomic mass is 9.87. The number of ether oxygens (including phenoxy) is 1. The lowest BCUT2D eigenvalue weighted by Crippen LogP contribution is -2.41. The molecule has 2 nitrogen and oxygen atoms in total. The summed E-state index contributed by atoms with van der Waals surface area (Å²) in [7, 11) is 0. The standard InChI is InChI=1S/C13H16O2S/c1-9-6-13(8-16-9)7-11(14)10-4-2-3-5-12(10)15-13/h2-5,9,11,14H,6-8H2,1H3. The highest BCUT2D eigenvalue weighted by Crippen LogP contribution is 2.47. The number of aliphatic hydroxyl groups is 1. The molecule has 1 spiro atoms. The van der Waals surface area contributed by atoms with Gasteiger partial charge in [-0.25, -0.2) is 0 Å². The maximum Gasteiger partial charge on any atom is 0.125 e. The Labute approximate surface area is 100 Å². The highest BCUT2D eigenvalue weighted by molar-refractivity contribution is 8.00. The van der Waals surface area contributed by atoms with Gasteiger partial charge in [0.25, 0.3) is 0 Å². The van der Waals surface area contributed by atoms with E-state index in [0.29, 0.717) is 5.25 Å². The minimum Gasteiger partial charge on any atom is -0.486 e. The molecule has 3 rings (SSSR count). The second kappa shape index (κ2) is 3.67. The van der Waals surface area contributed by atoms with Gasteiger partial charge < -0.3 is 9.84 Å². The fourth-order valence-electron chi connectivity index (χ4n) is 2.74. The van der Waals surface area contributed by atoms with Crippen LogP contribution in [-0.2, 0) is 0 Å². The van der Waals surface area contributed by atoms with Gasteiger partial charge in [-0.3, -0.25) is 0 Å². The van der Waals surface area contributed by atoms with Gasteiger partial charge >= 0.3 is 0 Å². The monoisotopic (exact) mass is 236 g/mol. The predicted molar refractivity (Wildman–Crippen MR) is 65.9 cm³/mol. The Morgan fingerprint density at radius 3 is 2.94 bits per heavy atom. The summed E-state index contributed by atoms with van der Waals surface area (Å²) in [6.07, 6.45) is 1.42. The minimum atomic E-state index is -0.365. The van der Waals surface area contributed by atoms with Crippen LogP contribution in [0.15, 0.2) is 24.3 Å². The fraction of sp³-hybridized carbons (Fsp3) is 0.538. The van der Waals surface area contributed by atoms with Crippen molar-refractivity contribution in [2.24, 2.45) is 0 Å². The normalized spacial score (nSPS) is 37.1. The molecule has 0 radical (unpaired) electrons. The minimum absolute atomic E-state index is 0.127. The van der Waals surface area contributed by atoms with Gasteiger partial charge in [-0.2, -0.15) is 11.8 Å². The fourth-order valence-corrected chi connectivity index (χ4v) is 4.04. The van der Waals surface area contributed by atoms with Crippen LogP contribution in [-0.4, -0.2) is 21.7 Å². The lowest BCUT2D eigenvalue weighted by molar-refractivity contribution is 0.00153. The van der Waals surface area contributed by atoms with E-state index in [9.17, 15) is 5.11 Å². The highest BCUT2D eigenvalue weighted by Gasteiger charge is 2.45. The summed E-state index contributed by atoms with van der Waals surface area (Å²) >= 11 is 1.94. The zero-order chi connectivity index (χ0) is 11.2. The molecule has 2 heterocycles. The number of benzene rings is 1. The molecule has 0 aromatic heterocycles. The lowest BCUT2D eigenvalue weighted by Gasteiger charge is -2.37. The number of hydrogen-bond acceptors (Lipinski definition) is 3. The number of hydrogen-bond donors (Lipinski definition) is 1. The first kappa shape index (κ1) is 10.5. The van der Waals surface area contributed by atoms with E-state index in [4.69, 9.17) is 4.74 Å². The number of fused-ring (bicyclic) bond motifs is 1. The number of thioether (sulfide) groups is 1. The van der Waals surface area contributed by atoms with E-state index in [0.717, 1.165) is 29.9 Å². The average Bonchev–Trinajstić information content (AvgIpc) is 2.59. The van der Waals surface area contributed by atoms with Crippen LogP contribution in [0.5, 0.6) is 5.75 Å². The van der Waals surface area contributed by atoms with E-state index < -0.39 is 0 Å². The van der Waals surface area contributed by atoms with Crippen molar-refractivity contribution in [3.8, 4) is 5.75 Å². The molecule has 0 saturated carbocycles. The summed E-state index contributed by atoms with van der Waals surface area (Å²) in [5, 5.41) is 10.8. The van der Waals surface area contributed by atoms with Crippen molar-refractivity contribution in [2.45, 2.75) is 36.7 Å². The van der Waals surface area contributed by atoms with Crippen LogP contribution in [0.25, 0.3) is 0 Å². The smallest absolute Gasteiger partial charge is 0.125 e. The SMILES string of the molecule is CC1CC2(CS1)CC(O)c1ccccc1O2. The van der Waals surface area contributed by atoms with Gasteiger partial charge in [-0.1, -0.05) is 25.1 Å². The molecule has 1 aromatic rings. The van der Waals surface area contributed by atoms with Crippen LogP contribution in [0.4, 0.5) is 0 Å². The van der Waals surface area contributed by atoms with Crippen molar-refractivity contribution in [3.05, 3.63) is 29.8 Å².